The zero-order chi connectivity index (χ0) is 13.5. The van der Waals surface area contributed by atoms with E-state index in [-0.39, 0.29) is 0 Å². The van der Waals surface area contributed by atoms with Crippen LogP contribution in [0.2, 0.25) is 0 Å². The van der Waals surface area contributed by atoms with Gasteiger partial charge < -0.3 is 5.32 Å². The molecule has 0 saturated carbocycles. The highest BCUT2D eigenvalue weighted by Gasteiger charge is 2.13. The summed E-state index contributed by atoms with van der Waals surface area (Å²) in [6.45, 7) is 6.09. The average Bonchev–Trinajstić information content (AvgIpc) is 2.48. The van der Waals surface area contributed by atoms with Crippen molar-refractivity contribution in [2.75, 3.05) is 5.32 Å². The van der Waals surface area contributed by atoms with Crippen molar-refractivity contribution in [1.29, 1.82) is 0 Å². The number of allylic oxidation sites excluding steroid dienone is 1. The van der Waals surface area contributed by atoms with E-state index in [1.807, 2.05) is 12.1 Å². The van der Waals surface area contributed by atoms with Gasteiger partial charge in [-0.2, -0.15) is 0 Å². The highest BCUT2D eigenvalue weighted by molar-refractivity contribution is 5.45. The summed E-state index contributed by atoms with van der Waals surface area (Å²) in [6.07, 6.45) is 3.06. The number of anilines is 1. The molecule has 2 atom stereocenters. The number of para-hydroxylation sites is 1. The summed E-state index contributed by atoms with van der Waals surface area (Å²) in [6, 6.07) is 21.3. The highest BCUT2D eigenvalue weighted by Crippen LogP contribution is 2.26. The van der Waals surface area contributed by atoms with Crippen molar-refractivity contribution in [2.45, 2.75) is 19.4 Å². The third-order valence-electron chi connectivity index (χ3n) is 3.33. The van der Waals surface area contributed by atoms with Gasteiger partial charge in [-0.1, -0.05) is 61.5 Å². The zero-order valence-corrected chi connectivity index (χ0v) is 11.4. The summed E-state index contributed by atoms with van der Waals surface area (Å²) in [4.78, 5) is 0. The summed E-state index contributed by atoms with van der Waals surface area (Å²) in [5.41, 5.74) is 2.48. The molecule has 0 heterocycles. The Hall–Kier alpha value is -2.02. The molecule has 0 aliphatic rings. The maximum atomic E-state index is 3.89. The van der Waals surface area contributed by atoms with Crippen LogP contribution in [0.1, 0.15) is 24.9 Å². The monoisotopic (exact) mass is 251 g/mol. The normalized spacial score (nSPS) is 13.5. The molecule has 2 rings (SSSR count). The third kappa shape index (κ3) is 3.99. The van der Waals surface area contributed by atoms with Gasteiger partial charge >= 0.3 is 0 Å². The smallest absolute Gasteiger partial charge is 0.0519 e. The Morgan fingerprint density at radius 1 is 1.00 bits per heavy atom. The van der Waals surface area contributed by atoms with Gasteiger partial charge in [0.25, 0.3) is 0 Å². The van der Waals surface area contributed by atoms with Crippen molar-refractivity contribution < 1.29 is 0 Å². The highest BCUT2D eigenvalue weighted by atomic mass is 14.9. The van der Waals surface area contributed by atoms with Crippen molar-refractivity contribution in [3.63, 3.8) is 0 Å². The molecule has 0 aromatic heterocycles. The zero-order valence-electron chi connectivity index (χ0n) is 11.4. The fraction of sp³-hybridized carbons (Fsp3) is 0.222. The van der Waals surface area contributed by atoms with Gasteiger partial charge in [-0.25, -0.2) is 0 Å². The lowest BCUT2D eigenvalue weighted by Gasteiger charge is -2.22. The molecule has 0 saturated heterocycles. The number of rotatable bonds is 6. The van der Waals surface area contributed by atoms with E-state index in [2.05, 4.69) is 73.4 Å². The number of hydrogen-bond acceptors (Lipinski definition) is 1. The molecule has 0 bridgehead atoms. The molecule has 98 valence electrons. The molecule has 0 aliphatic heterocycles. The van der Waals surface area contributed by atoms with Gasteiger partial charge in [-0.3, -0.25) is 0 Å². The molecule has 0 spiro atoms. The van der Waals surface area contributed by atoms with E-state index in [9.17, 15) is 0 Å². The molecular weight excluding hydrogens is 230 g/mol. The Morgan fingerprint density at radius 2 is 1.58 bits per heavy atom. The van der Waals surface area contributed by atoms with Crippen molar-refractivity contribution in [1.82, 2.24) is 0 Å². The van der Waals surface area contributed by atoms with Crippen LogP contribution in [0.5, 0.6) is 0 Å². The Morgan fingerprint density at radius 3 is 2.16 bits per heavy atom. The first-order valence-corrected chi connectivity index (χ1v) is 6.78. The Balaban J connectivity index is 2.17. The van der Waals surface area contributed by atoms with E-state index in [1.54, 1.807) is 0 Å². The van der Waals surface area contributed by atoms with Crippen LogP contribution in [-0.2, 0) is 0 Å². The van der Waals surface area contributed by atoms with Crippen LogP contribution in [-0.4, -0.2) is 0 Å². The molecule has 0 aliphatic carbocycles. The maximum absolute atomic E-state index is 3.89. The van der Waals surface area contributed by atoms with Gasteiger partial charge in [0.1, 0.15) is 0 Å². The van der Waals surface area contributed by atoms with Crippen molar-refractivity contribution in [3.05, 3.63) is 78.9 Å². The summed E-state index contributed by atoms with van der Waals surface area (Å²) < 4.78 is 0. The third-order valence-corrected chi connectivity index (χ3v) is 3.33. The van der Waals surface area contributed by atoms with Crippen LogP contribution < -0.4 is 5.32 Å². The minimum Gasteiger partial charge on any atom is -0.378 e. The predicted molar refractivity (Wildman–Crippen MR) is 83.2 cm³/mol. The molecule has 19 heavy (non-hydrogen) atoms. The molecule has 0 fully saturated rings. The number of hydrogen-bond donors (Lipinski definition) is 1. The van der Waals surface area contributed by atoms with Crippen LogP contribution in [0, 0.1) is 5.92 Å². The van der Waals surface area contributed by atoms with Crippen LogP contribution in [0.15, 0.2) is 73.3 Å². The SMILES string of the molecule is C=C[C@H](C)C[C@H](Nc1ccccc1)c1ccccc1. The molecule has 0 amide bonds. The van der Waals surface area contributed by atoms with E-state index in [1.165, 1.54) is 5.56 Å². The lowest BCUT2D eigenvalue weighted by atomic mass is 9.95. The second-order valence-electron chi connectivity index (χ2n) is 4.92. The van der Waals surface area contributed by atoms with Crippen LogP contribution >= 0.6 is 0 Å². The van der Waals surface area contributed by atoms with Gasteiger partial charge in [-0.05, 0) is 30.0 Å². The minimum absolute atomic E-state index is 0.316. The van der Waals surface area contributed by atoms with Crippen LogP contribution in [0.25, 0.3) is 0 Å². The Labute approximate surface area is 116 Å². The van der Waals surface area contributed by atoms with E-state index in [0.717, 1.165) is 12.1 Å². The quantitative estimate of drug-likeness (QED) is 0.708. The van der Waals surface area contributed by atoms with Gasteiger partial charge in [0.05, 0.1) is 6.04 Å². The topological polar surface area (TPSA) is 12.0 Å². The molecular formula is C18H21N. The Bertz CT molecular complexity index is 490. The van der Waals surface area contributed by atoms with Gasteiger partial charge in [0.2, 0.25) is 0 Å². The molecule has 2 aromatic carbocycles. The minimum atomic E-state index is 0.316. The number of nitrogens with one attached hydrogen (secondary N) is 1. The van der Waals surface area contributed by atoms with Crippen LogP contribution in [0.3, 0.4) is 0 Å². The summed E-state index contributed by atoms with van der Waals surface area (Å²) in [5.74, 6) is 0.487. The molecule has 1 N–H and O–H groups in total. The molecule has 0 unspecified atom stereocenters. The first-order chi connectivity index (χ1) is 9.29. The summed E-state index contributed by atoms with van der Waals surface area (Å²) >= 11 is 0. The fourth-order valence-corrected chi connectivity index (χ4v) is 2.17. The van der Waals surface area contributed by atoms with Crippen molar-refractivity contribution in [2.24, 2.45) is 5.92 Å². The molecule has 2 aromatic rings. The van der Waals surface area contributed by atoms with E-state index in [0.29, 0.717) is 12.0 Å². The second kappa shape index (κ2) is 6.79. The lowest BCUT2D eigenvalue weighted by Crippen LogP contribution is -2.13. The number of benzene rings is 2. The van der Waals surface area contributed by atoms with Crippen LogP contribution in [0.4, 0.5) is 5.69 Å². The lowest BCUT2D eigenvalue weighted by molar-refractivity contribution is 0.578. The van der Waals surface area contributed by atoms with Gasteiger partial charge in [-0.15, -0.1) is 6.58 Å². The van der Waals surface area contributed by atoms with Crippen molar-refractivity contribution >= 4 is 5.69 Å². The van der Waals surface area contributed by atoms with E-state index >= 15 is 0 Å². The summed E-state index contributed by atoms with van der Waals surface area (Å²) in [5, 5.41) is 3.61. The maximum Gasteiger partial charge on any atom is 0.0519 e. The average molecular weight is 251 g/mol. The summed E-state index contributed by atoms with van der Waals surface area (Å²) in [7, 11) is 0. The fourth-order valence-electron chi connectivity index (χ4n) is 2.17. The molecule has 0 radical (unpaired) electrons. The molecule has 1 heteroatoms. The first kappa shape index (κ1) is 13.4. The largest absolute Gasteiger partial charge is 0.378 e. The van der Waals surface area contributed by atoms with Crippen molar-refractivity contribution in [3.8, 4) is 0 Å². The van der Waals surface area contributed by atoms with Gasteiger partial charge in [0.15, 0.2) is 0 Å². The van der Waals surface area contributed by atoms with Gasteiger partial charge in [0, 0.05) is 5.69 Å². The Kier molecular flexibility index (Phi) is 4.79. The predicted octanol–water partition coefficient (Wildman–Crippen LogP) is 5.05. The van der Waals surface area contributed by atoms with E-state index in [4.69, 9.17) is 0 Å². The molecule has 1 nitrogen and oxygen atoms in total. The second-order valence-corrected chi connectivity index (χ2v) is 4.92. The first-order valence-electron chi connectivity index (χ1n) is 6.78. The standard InChI is InChI=1S/C18H21N/c1-3-15(2)14-18(16-10-6-4-7-11-16)19-17-12-8-5-9-13-17/h3-13,15,18-19H,1,14H2,2H3/t15-,18-/m0/s1. The van der Waals surface area contributed by atoms with E-state index < -0.39 is 0 Å².